The Kier molecular flexibility index (Phi) is 3.74. The Labute approximate surface area is 91.0 Å². The molecule has 0 radical (unpaired) electrons. The lowest BCUT2D eigenvalue weighted by molar-refractivity contribution is -0.146. The van der Waals surface area contributed by atoms with Gasteiger partial charge in [-0.25, -0.2) is 4.79 Å². The minimum Gasteiger partial charge on any atom is -0.439 e. The molecule has 1 aliphatic rings. The summed E-state index contributed by atoms with van der Waals surface area (Å²) in [7, 11) is 0. The van der Waals surface area contributed by atoms with Crippen LogP contribution in [0.25, 0.3) is 0 Å². The van der Waals surface area contributed by atoms with Gasteiger partial charge in [0.1, 0.15) is 0 Å². The van der Waals surface area contributed by atoms with Crippen LogP contribution in [-0.4, -0.2) is 11.6 Å². The van der Waals surface area contributed by atoms with Crippen molar-refractivity contribution < 1.29 is 9.53 Å². The zero-order valence-electron chi connectivity index (χ0n) is 9.30. The summed E-state index contributed by atoms with van der Waals surface area (Å²) >= 11 is 0. The first kappa shape index (κ1) is 11.6. The molecule has 80 valence electrons. The van der Waals surface area contributed by atoms with Crippen LogP contribution in [0, 0.1) is 11.8 Å². The first-order valence-corrected chi connectivity index (χ1v) is 5.10. The lowest BCUT2D eigenvalue weighted by Crippen LogP contribution is -2.33. The number of rotatable bonds is 2. The van der Waals surface area contributed by atoms with Crippen LogP contribution < -0.4 is 0 Å². The lowest BCUT2D eigenvalue weighted by atomic mass is 9.91. The summed E-state index contributed by atoms with van der Waals surface area (Å²) in [6, 6.07) is 0. The van der Waals surface area contributed by atoms with Crippen LogP contribution in [-0.2, 0) is 9.53 Å². The Morgan fingerprint density at radius 3 is 2.80 bits per heavy atom. The SMILES string of the molecule is C=C(C)C(=O)OC1(C#CC)C=CCCC1. The van der Waals surface area contributed by atoms with Crippen LogP contribution in [0.2, 0.25) is 0 Å². The van der Waals surface area contributed by atoms with Crippen LogP contribution in [0.3, 0.4) is 0 Å². The van der Waals surface area contributed by atoms with Crippen molar-refractivity contribution in [3.63, 3.8) is 0 Å². The van der Waals surface area contributed by atoms with Crippen molar-refractivity contribution in [3.8, 4) is 11.8 Å². The maximum Gasteiger partial charge on any atom is 0.334 e. The van der Waals surface area contributed by atoms with Gasteiger partial charge in [0.15, 0.2) is 5.60 Å². The van der Waals surface area contributed by atoms with Gasteiger partial charge in [-0.3, -0.25) is 0 Å². The van der Waals surface area contributed by atoms with E-state index in [1.54, 1.807) is 13.8 Å². The van der Waals surface area contributed by atoms with Crippen molar-refractivity contribution >= 4 is 5.97 Å². The first-order valence-electron chi connectivity index (χ1n) is 5.10. The molecule has 0 fully saturated rings. The van der Waals surface area contributed by atoms with E-state index in [2.05, 4.69) is 18.4 Å². The van der Waals surface area contributed by atoms with Gasteiger partial charge in [0.2, 0.25) is 0 Å². The molecule has 15 heavy (non-hydrogen) atoms. The molecule has 1 rings (SSSR count). The number of allylic oxidation sites excluding steroid dienone is 1. The molecule has 0 aromatic heterocycles. The second-order valence-electron chi connectivity index (χ2n) is 3.73. The Morgan fingerprint density at radius 1 is 1.60 bits per heavy atom. The molecule has 0 heterocycles. The topological polar surface area (TPSA) is 26.3 Å². The van der Waals surface area contributed by atoms with Crippen molar-refractivity contribution in [2.24, 2.45) is 0 Å². The molecule has 0 amide bonds. The highest BCUT2D eigenvalue weighted by molar-refractivity contribution is 5.87. The fraction of sp³-hybridized carbons (Fsp3) is 0.462. The second-order valence-corrected chi connectivity index (χ2v) is 3.73. The monoisotopic (exact) mass is 204 g/mol. The average molecular weight is 204 g/mol. The van der Waals surface area contributed by atoms with Gasteiger partial charge in [0, 0.05) is 12.0 Å². The van der Waals surface area contributed by atoms with Gasteiger partial charge in [-0.1, -0.05) is 18.6 Å². The summed E-state index contributed by atoms with van der Waals surface area (Å²) in [5.41, 5.74) is -0.311. The second kappa shape index (κ2) is 4.84. The van der Waals surface area contributed by atoms with Crippen LogP contribution in [0.15, 0.2) is 24.3 Å². The zero-order chi connectivity index (χ0) is 11.3. The molecule has 1 unspecified atom stereocenters. The molecule has 0 N–H and O–H groups in total. The van der Waals surface area contributed by atoms with E-state index in [-0.39, 0.29) is 5.97 Å². The van der Waals surface area contributed by atoms with Crippen LogP contribution in [0.5, 0.6) is 0 Å². The Morgan fingerprint density at radius 2 is 2.33 bits per heavy atom. The summed E-state index contributed by atoms with van der Waals surface area (Å²) in [6.07, 6.45) is 6.68. The predicted molar refractivity (Wildman–Crippen MR) is 60.1 cm³/mol. The number of carbonyl (C=O) groups is 1. The summed E-state index contributed by atoms with van der Waals surface area (Å²) < 4.78 is 5.38. The van der Waals surface area contributed by atoms with Crippen LogP contribution >= 0.6 is 0 Å². The molecule has 0 aromatic rings. The predicted octanol–water partition coefficient (Wildman–Crippen LogP) is 2.61. The van der Waals surface area contributed by atoms with Gasteiger partial charge in [-0.2, -0.15) is 0 Å². The van der Waals surface area contributed by atoms with E-state index in [1.165, 1.54) is 0 Å². The van der Waals surface area contributed by atoms with Crippen molar-refractivity contribution in [2.45, 2.75) is 38.7 Å². The highest BCUT2D eigenvalue weighted by Gasteiger charge is 2.30. The smallest absolute Gasteiger partial charge is 0.334 e. The molecule has 0 saturated carbocycles. The highest BCUT2D eigenvalue weighted by atomic mass is 16.6. The van der Waals surface area contributed by atoms with Crippen molar-refractivity contribution in [2.75, 3.05) is 0 Å². The van der Waals surface area contributed by atoms with Gasteiger partial charge in [0.05, 0.1) is 0 Å². The van der Waals surface area contributed by atoms with Gasteiger partial charge in [-0.15, -0.1) is 5.92 Å². The van der Waals surface area contributed by atoms with Crippen LogP contribution in [0.4, 0.5) is 0 Å². The molecule has 0 saturated heterocycles. The Balaban J connectivity index is 2.85. The minimum absolute atomic E-state index is 0.371. The first-order chi connectivity index (χ1) is 7.09. The van der Waals surface area contributed by atoms with Crippen molar-refractivity contribution in [1.29, 1.82) is 0 Å². The summed E-state index contributed by atoms with van der Waals surface area (Å²) in [4.78, 5) is 11.5. The maximum atomic E-state index is 11.5. The van der Waals surface area contributed by atoms with Crippen molar-refractivity contribution in [3.05, 3.63) is 24.3 Å². The number of carbonyl (C=O) groups excluding carboxylic acids is 1. The number of hydrogen-bond acceptors (Lipinski definition) is 2. The fourth-order valence-corrected chi connectivity index (χ4v) is 1.52. The quantitative estimate of drug-likeness (QED) is 0.299. The molecule has 0 aromatic carbocycles. The Hall–Kier alpha value is -1.49. The van der Waals surface area contributed by atoms with E-state index < -0.39 is 5.60 Å². The number of hydrogen-bond donors (Lipinski definition) is 0. The third-order valence-electron chi connectivity index (χ3n) is 2.27. The molecule has 0 spiro atoms. The normalized spacial score (nSPS) is 23.9. The molecule has 0 aliphatic heterocycles. The largest absolute Gasteiger partial charge is 0.439 e. The molecular weight excluding hydrogens is 188 g/mol. The van der Waals surface area contributed by atoms with Gasteiger partial charge >= 0.3 is 5.97 Å². The molecule has 1 aliphatic carbocycles. The fourth-order valence-electron chi connectivity index (χ4n) is 1.52. The minimum atomic E-state index is -0.719. The van der Waals surface area contributed by atoms with Gasteiger partial charge in [0.25, 0.3) is 0 Å². The Bertz CT molecular complexity index is 354. The molecule has 0 bridgehead atoms. The van der Waals surface area contributed by atoms with Crippen LogP contribution in [0.1, 0.15) is 33.1 Å². The summed E-state index contributed by atoms with van der Waals surface area (Å²) in [5, 5.41) is 0. The van der Waals surface area contributed by atoms with E-state index in [0.29, 0.717) is 5.57 Å². The third-order valence-corrected chi connectivity index (χ3v) is 2.27. The third kappa shape index (κ3) is 2.99. The van der Waals surface area contributed by atoms with E-state index in [1.807, 2.05) is 12.2 Å². The van der Waals surface area contributed by atoms with E-state index >= 15 is 0 Å². The summed E-state index contributed by atoms with van der Waals surface area (Å²) in [5.74, 6) is 5.41. The standard InChI is InChI=1S/C13H16O2/c1-4-8-13(9-6-5-7-10-13)15-12(14)11(2)3/h6,9H,2,5,7,10H2,1,3H3. The lowest BCUT2D eigenvalue weighted by Gasteiger charge is -2.27. The molecular formula is C13H16O2. The maximum absolute atomic E-state index is 11.5. The van der Waals surface area contributed by atoms with E-state index in [9.17, 15) is 4.79 Å². The van der Waals surface area contributed by atoms with Gasteiger partial charge in [-0.05, 0) is 32.8 Å². The zero-order valence-corrected chi connectivity index (χ0v) is 9.30. The average Bonchev–Trinajstić information content (AvgIpc) is 2.19. The molecule has 2 nitrogen and oxygen atoms in total. The van der Waals surface area contributed by atoms with E-state index in [0.717, 1.165) is 19.3 Å². The molecule has 1 atom stereocenters. The van der Waals surface area contributed by atoms with Crippen molar-refractivity contribution in [1.82, 2.24) is 0 Å². The van der Waals surface area contributed by atoms with Gasteiger partial charge < -0.3 is 4.74 Å². The molecule has 2 heteroatoms. The number of esters is 1. The number of ether oxygens (including phenoxy) is 1. The summed E-state index contributed by atoms with van der Waals surface area (Å²) in [6.45, 7) is 6.95. The highest BCUT2D eigenvalue weighted by Crippen LogP contribution is 2.26. The van der Waals surface area contributed by atoms with E-state index in [4.69, 9.17) is 4.74 Å².